The zero-order chi connectivity index (χ0) is 16.8. The average molecular weight is 323 g/mol. The molecular formula is C18H20F3NO. The number of alkyl halides is 3. The summed E-state index contributed by atoms with van der Waals surface area (Å²) in [5.41, 5.74) is -1.11. The summed E-state index contributed by atoms with van der Waals surface area (Å²) < 4.78 is 37.2. The maximum absolute atomic E-state index is 12.4. The number of rotatable bonds is 1. The number of aliphatic hydroxyl groups is 1. The second-order valence-corrected chi connectivity index (χ2v) is 5.51. The molecule has 2 N–H and O–H groups in total. The van der Waals surface area contributed by atoms with Crippen LogP contribution in [0.2, 0.25) is 0 Å². The second kappa shape index (κ2) is 7.62. The Kier molecular flexibility index (Phi) is 5.80. The molecule has 1 aliphatic rings. The van der Waals surface area contributed by atoms with Crippen LogP contribution in [0.5, 0.6) is 0 Å². The maximum atomic E-state index is 12.4. The van der Waals surface area contributed by atoms with Crippen LogP contribution >= 0.6 is 0 Å². The standard InChI is InChI=1S/C12H14F3NO.C6H6/c13-12(14,15)10-3-1-9(2-4-10)11(17)5-7-16-8-6-11;1-2-4-6-5-3-1/h1-4,16-17H,5-8H2;1-6H. The summed E-state index contributed by atoms with van der Waals surface area (Å²) in [4.78, 5) is 0. The van der Waals surface area contributed by atoms with E-state index in [0.717, 1.165) is 12.1 Å². The molecule has 5 heteroatoms. The average Bonchev–Trinajstić information content (AvgIpc) is 2.57. The fraction of sp³-hybridized carbons (Fsp3) is 0.333. The van der Waals surface area contributed by atoms with Crippen molar-refractivity contribution in [1.29, 1.82) is 0 Å². The monoisotopic (exact) mass is 323 g/mol. The molecule has 2 nitrogen and oxygen atoms in total. The van der Waals surface area contributed by atoms with Crippen LogP contribution in [0.3, 0.4) is 0 Å². The summed E-state index contributed by atoms with van der Waals surface area (Å²) in [6, 6.07) is 16.8. The van der Waals surface area contributed by atoms with Gasteiger partial charge in [0.15, 0.2) is 0 Å². The number of halogens is 3. The Morgan fingerprint density at radius 1 is 0.826 bits per heavy atom. The van der Waals surface area contributed by atoms with E-state index in [1.165, 1.54) is 12.1 Å². The first-order chi connectivity index (χ1) is 10.9. The zero-order valence-electron chi connectivity index (χ0n) is 12.7. The van der Waals surface area contributed by atoms with Gasteiger partial charge in [-0.15, -0.1) is 0 Å². The third kappa shape index (κ3) is 5.08. The van der Waals surface area contributed by atoms with Gasteiger partial charge in [0.1, 0.15) is 0 Å². The molecule has 1 saturated heterocycles. The Hall–Kier alpha value is -1.85. The summed E-state index contributed by atoms with van der Waals surface area (Å²) in [7, 11) is 0. The highest BCUT2D eigenvalue weighted by atomic mass is 19.4. The van der Waals surface area contributed by atoms with Crippen molar-refractivity contribution in [2.45, 2.75) is 24.6 Å². The largest absolute Gasteiger partial charge is 0.416 e. The van der Waals surface area contributed by atoms with E-state index in [0.29, 0.717) is 31.5 Å². The number of piperidine rings is 1. The van der Waals surface area contributed by atoms with Gasteiger partial charge < -0.3 is 10.4 Å². The molecular weight excluding hydrogens is 303 g/mol. The third-order valence-electron chi connectivity index (χ3n) is 3.85. The van der Waals surface area contributed by atoms with Gasteiger partial charge in [-0.1, -0.05) is 48.5 Å². The van der Waals surface area contributed by atoms with E-state index in [9.17, 15) is 18.3 Å². The molecule has 0 unspecified atom stereocenters. The molecule has 0 amide bonds. The molecule has 0 spiro atoms. The second-order valence-electron chi connectivity index (χ2n) is 5.51. The Bertz CT molecular complexity index is 549. The van der Waals surface area contributed by atoms with Crippen molar-refractivity contribution < 1.29 is 18.3 Å². The first kappa shape index (κ1) is 17.5. The summed E-state index contributed by atoms with van der Waals surface area (Å²) >= 11 is 0. The van der Waals surface area contributed by atoms with E-state index in [2.05, 4.69) is 5.32 Å². The van der Waals surface area contributed by atoms with E-state index in [1.54, 1.807) is 0 Å². The first-order valence-corrected chi connectivity index (χ1v) is 7.53. The van der Waals surface area contributed by atoms with Crippen molar-refractivity contribution in [2.24, 2.45) is 0 Å². The number of benzene rings is 2. The van der Waals surface area contributed by atoms with Crippen molar-refractivity contribution in [2.75, 3.05) is 13.1 Å². The van der Waals surface area contributed by atoms with Crippen LogP contribution in [0, 0.1) is 0 Å². The van der Waals surface area contributed by atoms with Crippen molar-refractivity contribution in [3.05, 3.63) is 71.8 Å². The van der Waals surface area contributed by atoms with Crippen molar-refractivity contribution >= 4 is 0 Å². The molecule has 1 heterocycles. The minimum absolute atomic E-state index is 0.526. The predicted molar refractivity (Wildman–Crippen MR) is 83.9 cm³/mol. The van der Waals surface area contributed by atoms with Gasteiger partial charge in [-0.3, -0.25) is 0 Å². The molecule has 0 aromatic heterocycles. The van der Waals surface area contributed by atoms with Gasteiger partial charge in [0.2, 0.25) is 0 Å². The lowest BCUT2D eigenvalue weighted by molar-refractivity contribution is -0.137. The number of hydrogen-bond acceptors (Lipinski definition) is 2. The van der Waals surface area contributed by atoms with Crippen LogP contribution in [-0.4, -0.2) is 18.2 Å². The third-order valence-corrected chi connectivity index (χ3v) is 3.85. The normalized spacial score (nSPS) is 17.0. The molecule has 1 fully saturated rings. The van der Waals surface area contributed by atoms with E-state index in [1.807, 2.05) is 36.4 Å². The molecule has 0 bridgehead atoms. The van der Waals surface area contributed by atoms with Crippen LogP contribution in [0.25, 0.3) is 0 Å². The van der Waals surface area contributed by atoms with Gasteiger partial charge in [-0.2, -0.15) is 13.2 Å². The molecule has 124 valence electrons. The quantitative estimate of drug-likeness (QED) is 0.832. The minimum atomic E-state index is -4.32. The van der Waals surface area contributed by atoms with E-state index in [4.69, 9.17) is 0 Å². The van der Waals surface area contributed by atoms with E-state index >= 15 is 0 Å². The van der Waals surface area contributed by atoms with Crippen LogP contribution < -0.4 is 5.32 Å². The van der Waals surface area contributed by atoms with Gasteiger partial charge in [-0.25, -0.2) is 0 Å². The number of hydrogen-bond donors (Lipinski definition) is 2. The SMILES string of the molecule is OC1(c2ccc(C(F)(F)F)cc2)CCNCC1.c1ccccc1. The minimum Gasteiger partial charge on any atom is -0.385 e. The lowest BCUT2D eigenvalue weighted by Crippen LogP contribution is -2.39. The van der Waals surface area contributed by atoms with Crippen LogP contribution in [0.1, 0.15) is 24.0 Å². The van der Waals surface area contributed by atoms with Crippen LogP contribution in [0.4, 0.5) is 13.2 Å². The van der Waals surface area contributed by atoms with E-state index < -0.39 is 17.3 Å². The number of nitrogens with one attached hydrogen (secondary N) is 1. The molecule has 0 aliphatic carbocycles. The molecule has 0 saturated carbocycles. The highest BCUT2D eigenvalue weighted by Crippen LogP contribution is 2.34. The van der Waals surface area contributed by atoms with Crippen molar-refractivity contribution in [1.82, 2.24) is 5.32 Å². The summed E-state index contributed by atoms with van der Waals surface area (Å²) in [6.45, 7) is 1.36. The predicted octanol–water partition coefficient (Wildman–Crippen LogP) is 3.96. The lowest BCUT2D eigenvalue weighted by atomic mass is 9.85. The molecule has 2 aromatic rings. The van der Waals surface area contributed by atoms with Gasteiger partial charge >= 0.3 is 6.18 Å². The molecule has 1 aliphatic heterocycles. The Balaban J connectivity index is 0.000000268. The lowest BCUT2D eigenvalue weighted by Gasteiger charge is -2.33. The maximum Gasteiger partial charge on any atom is 0.416 e. The van der Waals surface area contributed by atoms with Crippen LogP contribution in [-0.2, 0) is 11.8 Å². The van der Waals surface area contributed by atoms with Crippen LogP contribution in [0.15, 0.2) is 60.7 Å². The smallest absolute Gasteiger partial charge is 0.385 e. The van der Waals surface area contributed by atoms with Crippen molar-refractivity contribution in [3.8, 4) is 0 Å². The van der Waals surface area contributed by atoms with Gasteiger partial charge in [0, 0.05) is 0 Å². The Morgan fingerprint density at radius 3 is 1.65 bits per heavy atom. The topological polar surface area (TPSA) is 32.3 Å². The molecule has 3 rings (SSSR count). The molecule has 0 atom stereocenters. The Morgan fingerprint density at radius 2 is 1.26 bits per heavy atom. The van der Waals surface area contributed by atoms with Gasteiger partial charge in [0.05, 0.1) is 11.2 Å². The molecule has 0 radical (unpaired) electrons. The fourth-order valence-corrected chi connectivity index (χ4v) is 2.48. The zero-order valence-corrected chi connectivity index (χ0v) is 12.7. The van der Waals surface area contributed by atoms with Gasteiger partial charge in [0.25, 0.3) is 0 Å². The van der Waals surface area contributed by atoms with Crippen molar-refractivity contribution in [3.63, 3.8) is 0 Å². The highest BCUT2D eigenvalue weighted by molar-refractivity contribution is 5.29. The van der Waals surface area contributed by atoms with Gasteiger partial charge in [-0.05, 0) is 43.6 Å². The first-order valence-electron chi connectivity index (χ1n) is 7.53. The van der Waals surface area contributed by atoms with E-state index in [-0.39, 0.29) is 0 Å². The molecule has 2 aromatic carbocycles. The summed E-state index contributed by atoms with van der Waals surface area (Å²) in [6.07, 6.45) is -3.27. The summed E-state index contributed by atoms with van der Waals surface area (Å²) in [5.74, 6) is 0. The fourth-order valence-electron chi connectivity index (χ4n) is 2.48. The summed E-state index contributed by atoms with van der Waals surface area (Å²) in [5, 5.41) is 13.4. The Labute approximate surface area is 134 Å². The molecule has 23 heavy (non-hydrogen) atoms. The highest BCUT2D eigenvalue weighted by Gasteiger charge is 2.33.